The van der Waals surface area contributed by atoms with E-state index in [9.17, 15) is 4.79 Å². The summed E-state index contributed by atoms with van der Waals surface area (Å²) in [6, 6.07) is 8.31. The molecule has 1 fully saturated rings. The number of amides is 1. The highest BCUT2D eigenvalue weighted by molar-refractivity contribution is 9.10. The van der Waals surface area contributed by atoms with Crippen molar-refractivity contribution in [3.05, 3.63) is 28.7 Å². The summed E-state index contributed by atoms with van der Waals surface area (Å²) >= 11 is 3.45. The Hall–Kier alpha value is -1.07. The first-order chi connectivity index (χ1) is 9.13. The Morgan fingerprint density at radius 2 is 2.11 bits per heavy atom. The van der Waals surface area contributed by atoms with Crippen molar-refractivity contribution < 1.29 is 4.79 Å². The lowest BCUT2D eigenvalue weighted by Gasteiger charge is -2.35. The van der Waals surface area contributed by atoms with E-state index in [4.69, 9.17) is 0 Å². The fourth-order valence-corrected chi connectivity index (χ4v) is 2.79. The minimum Gasteiger partial charge on any atom is -0.356 e. The molecule has 104 valence electrons. The molecule has 19 heavy (non-hydrogen) atoms. The van der Waals surface area contributed by atoms with Gasteiger partial charge in [-0.05, 0) is 44.7 Å². The minimum atomic E-state index is -0.163. The summed E-state index contributed by atoms with van der Waals surface area (Å²) in [5.74, 6) is 0.0987. The third-order valence-electron chi connectivity index (χ3n) is 3.50. The van der Waals surface area contributed by atoms with Crippen LogP contribution in [0.15, 0.2) is 28.7 Å². The number of rotatable bonds is 3. The minimum absolute atomic E-state index is 0.0987. The number of carbonyl (C=O) groups is 1. The molecule has 0 saturated carbocycles. The van der Waals surface area contributed by atoms with Crippen LogP contribution in [0, 0.1) is 0 Å². The van der Waals surface area contributed by atoms with Gasteiger partial charge in [0.15, 0.2) is 0 Å². The highest BCUT2D eigenvalue weighted by Crippen LogP contribution is 2.25. The lowest BCUT2D eigenvalue weighted by molar-refractivity contribution is -0.121. The van der Waals surface area contributed by atoms with Gasteiger partial charge in [-0.2, -0.15) is 0 Å². The molecule has 2 atom stereocenters. The largest absolute Gasteiger partial charge is 0.356 e. The number of carbonyl (C=O) groups excluding carboxylic acids is 1. The van der Waals surface area contributed by atoms with E-state index in [-0.39, 0.29) is 11.9 Å². The van der Waals surface area contributed by atoms with Crippen LogP contribution in [0.1, 0.15) is 13.3 Å². The van der Waals surface area contributed by atoms with Crippen LogP contribution in [0.2, 0.25) is 0 Å². The van der Waals surface area contributed by atoms with Gasteiger partial charge in [0.2, 0.25) is 5.91 Å². The average Bonchev–Trinajstić information content (AvgIpc) is 2.52. The van der Waals surface area contributed by atoms with Crippen LogP contribution in [-0.4, -0.2) is 38.1 Å². The van der Waals surface area contributed by atoms with Gasteiger partial charge in [0.25, 0.3) is 0 Å². The predicted octanol–water partition coefficient (Wildman–Crippen LogP) is 1.75. The van der Waals surface area contributed by atoms with Gasteiger partial charge in [-0.1, -0.05) is 15.9 Å². The van der Waals surface area contributed by atoms with Crippen molar-refractivity contribution in [3.63, 3.8) is 0 Å². The van der Waals surface area contributed by atoms with Gasteiger partial charge in [0.05, 0.1) is 0 Å². The first-order valence-electron chi connectivity index (χ1n) is 6.59. The first kappa shape index (κ1) is 14.3. The van der Waals surface area contributed by atoms with E-state index >= 15 is 0 Å². The van der Waals surface area contributed by atoms with E-state index in [1.807, 2.05) is 19.2 Å². The third-order valence-corrected chi connectivity index (χ3v) is 4.03. The standard InChI is InChI=1S/C14H20BrN3O/c1-10-7-8-17-14(19)13(9-16-2)18(10)12-5-3-11(15)4-6-12/h3-6,10,13,16H,7-9H2,1-2H3,(H,17,19). The number of hydrogen-bond acceptors (Lipinski definition) is 3. The molecule has 0 bridgehead atoms. The summed E-state index contributed by atoms with van der Waals surface area (Å²) in [4.78, 5) is 14.4. The summed E-state index contributed by atoms with van der Waals surface area (Å²) in [5.41, 5.74) is 1.09. The van der Waals surface area contributed by atoms with Crippen molar-refractivity contribution in [1.82, 2.24) is 10.6 Å². The van der Waals surface area contributed by atoms with Gasteiger partial charge in [0.1, 0.15) is 6.04 Å². The summed E-state index contributed by atoms with van der Waals surface area (Å²) in [6.07, 6.45) is 0.960. The summed E-state index contributed by atoms with van der Waals surface area (Å²) in [7, 11) is 1.88. The number of nitrogens with one attached hydrogen (secondary N) is 2. The number of hydrogen-bond donors (Lipinski definition) is 2. The van der Waals surface area contributed by atoms with Crippen molar-refractivity contribution in [2.45, 2.75) is 25.4 Å². The first-order valence-corrected chi connectivity index (χ1v) is 7.39. The number of nitrogens with zero attached hydrogens (tertiary/aromatic N) is 1. The fourth-order valence-electron chi connectivity index (χ4n) is 2.53. The van der Waals surface area contributed by atoms with E-state index in [1.165, 1.54) is 0 Å². The highest BCUT2D eigenvalue weighted by Gasteiger charge is 2.31. The van der Waals surface area contributed by atoms with E-state index < -0.39 is 0 Å². The van der Waals surface area contributed by atoms with Gasteiger partial charge < -0.3 is 15.5 Å². The van der Waals surface area contributed by atoms with Crippen molar-refractivity contribution in [2.75, 3.05) is 25.0 Å². The number of halogens is 1. The monoisotopic (exact) mass is 325 g/mol. The lowest BCUT2D eigenvalue weighted by Crippen LogP contribution is -2.52. The molecule has 1 aliphatic heterocycles. The second-order valence-corrected chi connectivity index (χ2v) is 5.80. The zero-order valence-electron chi connectivity index (χ0n) is 11.3. The molecular weight excluding hydrogens is 306 g/mol. The zero-order chi connectivity index (χ0) is 13.8. The number of anilines is 1. The van der Waals surface area contributed by atoms with Crippen LogP contribution in [0.5, 0.6) is 0 Å². The molecule has 0 radical (unpaired) electrons. The molecule has 1 heterocycles. The van der Waals surface area contributed by atoms with Crippen molar-refractivity contribution >= 4 is 27.5 Å². The second-order valence-electron chi connectivity index (χ2n) is 4.89. The van der Waals surface area contributed by atoms with Gasteiger partial charge in [0, 0.05) is 29.3 Å². The topological polar surface area (TPSA) is 44.4 Å². The molecule has 2 N–H and O–H groups in total. The summed E-state index contributed by atoms with van der Waals surface area (Å²) in [6.45, 7) is 3.56. The Bertz CT molecular complexity index is 435. The van der Waals surface area contributed by atoms with Crippen molar-refractivity contribution in [2.24, 2.45) is 0 Å². The molecule has 1 aromatic carbocycles. The fraction of sp³-hybridized carbons (Fsp3) is 0.500. The van der Waals surface area contributed by atoms with E-state index in [1.54, 1.807) is 0 Å². The number of likely N-dealkylation sites (N-methyl/N-ethyl adjacent to an activating group) is 1. The maximum Gasteiger partial charge on any atom is 0.244 e. The molecular formula is C14H20BrN3O. The molecule has 1 aliphatic rings. The molecule has 1 saturated heterocycles. The molecule has 1 amide bonds. The van der Waals surface area contributed by atoms with Crippen LogP contribution in [0.4, 0.5) is 5.69 Å². The van der Waals surface area contributed by atoms with Gasteiger partial charge in [-0.15, -0.1) is 0 Å². The quantitative estimate of drug-likeness (QED) is 0.890. The maximum absolute atomic E-state index is 12.2. The van der Waals surface area contributed by atoms with Crippen LogP contribution in [-0.2, 0) is 4.79 Å². The molecule has 5 heteroatoms. The Balaban J connectivity index is 2.34. The Morgan fingerprint density at radius 3 is 2.74 bits per heavy atom. The molecule has 1 aromatic rings. The van der Waals surface area contributed by atoms with E-state index in [0.29, 0.717) is 12.6 Å². The molecule has 4 nitrogen and oxygen atoms in total. The Morgan fingerprint density at radius 1 is 1.42 bits per heavy atom. The third kappa shape index (κ3) is 3.28. The van der Waals surface area contributed by atoms with Gasteiger partial charge in [-0.3, -0.25) is 4.79 Å². The van der Waals surface area contributed by atoms with E-state index in [0.717, 1.165) is 23.1 Å². The van der Waals surface area contributed by atoms with Gasteiger partial charge >= 0.3 is 0 Å². The van der Waals surface area contributed by atoms with Crippen LogP contribution in [0.25, 0.3) is 0 Å². The SMILES string of the molecule is CNCC1C(=O)NCCC(C)N1c1ccc(Br)cc1. The molecule has 0 aromatic heterocycles. The van der Waals surface area contributed by atoms with E-state index in [2.05, 4.69) is 50.5 Å². The maximum atomic E-state index is 12.2. The highest BCUT2D eigenvalue weighted by atomic mass is 79.9. The van der Waals surface area contributed by atoms with Crippen LogP contribution < -0.4 is 15.5 Å². The molecule has 0 aliphatic carbocycles. The smallest absolute Gasteiger partial charge is 0.244 e. The van der Waals surface area contributed by atoms with Crippen LogP contribution in [0.3, 0.4) is 0 Å². The van der Waals surface area contributed by atoms with Crippen molar-refractivity contribution in [1.29, 1.82) is 0 Å². The predicted molar refractivity (Wildman–Crippen MR) is 81.4 cm³/mol. The Kier molecular flexibility index (Phi) is 4.82. The molecule has 2 rings (SSSR count). The lowest BCUT2D eigenvalue weighted by atomic mass is 10.1. The number of benzene rings is 1. The second kappa shape index (κ2) is 6.39. The van der Waals surface area contributed by atoms with Crippen LogP contribution >= 0.6 is 15.9 Å². The molecule has 2 unspecified atom stereocenters. The zero-order valence-corrected chi connectivity index (χ0v) is 12.9. The van der Waals surface area contributed by atoms with Crippen molar-refractivity contribution in [3.8, 4) is 0 Å². The summed E-state index contributed by atoms with van der Waals surface area (Å²) < 4.78 is 1.05. The normalized spacial score (nSPS) is 23.9. The summed E-state index contributed by atoms with van der Waals surface area (Å²) in [5, 5.41) is 6.11. The molecule has 0 spiro atoms. The Labute approximate surface area is 122 Å². The average molecular weight is 326 g/mol. The van der Waals surface area contributed by atoms with Gasteiger partial charge in [-0.25, -0.2) is 0 Å².